The Morgan fingerprint density at radius 1 is 1.22 bits per heavy atom. The predicted octanol–water partition coefficient (Wildman–Crippen LogP) is 4.87. The summed E-state index contributed by atoms with van der Waals surface area (Å²) in [5, 5.41) is 9.33. The molecule has 0 bridgehead atoms. The van der Waals surface area contributed by atoms with Crippen LogP contribution in [-0.2, 0) is 4.79 Å². The minimum absolute atomic E-state index is 0.154. The Hall–Kier alpha value is -2.81. The fourth-order valence-electron chi connectivity index (χ4n) is 3.72. The van der Waals surface area contributed by atoms with Gasteiger partial charge in [-0.05, 0) is 42.8 Å². The number of thioether (sulfide) groups is 1. The molecule has 2 aromatic heterocycles. The summed E-state index contributed by atoms with van der Waals surface area (Å²) in [4.78, 5) is 30.7. The van der Waals surface area contributed by atoms with Crippen molar-refractivity contribution < 1.29 is 4.79 Å². The van der Waals surface area contributed by atoms with Crippen LogP contribution in [0.5, 0.6) is 0 Å². The van der Waals surface area contributed by atoms with Gasteiger partial charge in [0.15, 0.2) is 10.8 Å². The molecule has 1 amide bonds. The van der Waals surface area contributed by atoms with Gasteiger partial charge in [0.25, 0.3) is 5.56 Å². The zero-order valence-electron chi connectivity index (χ0n) is 16.9. The second kappa shape index (κ2) is 8.27. The highest BCUT2D eigenvalue weighted by atomic mass is 35.5. The highest BCUT2D eigenvalue weighted by Gasteiger charge is 2.29. The van der Waals surface area contributed by atoms with Crippen molar-refractivity contribution in [1.29, 1.82) is 0 Å². The van der Waals surface area contributed by atoms with Crippen LogP contribution in [0.25, 0.3) is 16.7 Å². The van der Waals surface area contributed by atoms with E-state index in [2.05, 4.69) is 15.4 Å². The monoisotopic (exact) mass is 485 g/mol. The van der Waals surface area contributed by atoms with E-state index < -0.39 is 0 Å². The molecule has 5 rings (SSSR count). The van der Waals surface area contributed by atoms with E-state index in [0.717, 1.165) is 11.3 Å². The SMILES string of the molecule is Cc1ccc(Cl)cc1NC(=O)CC1CSc2nc3c(cnn3-c3cccc(Cl)c3)c(=O)n21. The third-order valence-electron chi connectivity index (χ3n) is 5.32. The number of halogens is 2. The summed E-state index contributed by atoms with van der Waals surface area (Å²) in [5.74, 6) is 0.400. The Morgan fingerprint density at radius 3 is 2.84 bits per heavy atom. The lowest BCUT2D eigenvalue weighted by Gasteiger charge is -2.14. The van der Waals surface area contributed by atoms with Gasteiger partial charge < -0.3 is 5.32 Å². The van der Waals surface area contributed by atoms with Crippen LogP contribution < -0.4 is 10.9 Å². The number of aryl methyl sites for hydroxylation is 1. The molecule has 1 aliphatic heterocycles. The lowest BCUT2D eigenvalue weighted by atomic mass is 10.1. The van der Waals surface area contributed by atoms with Gasteiger partial charge in [0.05, 0.1) is 17.9 Å². The summed E-state index contributed by atoms with van der Waals surface area (Å²) in [6.45, 7) is 1.90. The molecule has 7 nitrogen and oxygen atoms in total. The third kappa shape index (κ3) is 3.79. The van der Waals surface area contributed by atoms with E-state index in [1.807, 2.05) is 25.1 Å². The van der Waals surface area contributed by atoms with Crippen LogP contribution in [0.3, 0.4) is 0 Å². The Balaban J connectivity index is 1.45. The fourth-order valence-corrected chi connectivity index (χ4v) is 5.21. The van der Waals surface area contributed by atoms with E-state index in [-0.39, 0.29) is 23.9 Å². The maximum atomic E-state index is 13.3. The molecule has 32 heavy (non-hydrogen) atoms. The Kier molecular flexibility index (Phi) is 5.44. The lowest BCUT2D eigenvalue weighted by molar-refractivity contribution is -0.116. The molecule has 10 heteroatoms. The predicted molar refractivity (Wildman–Crippen MR) is 127 cm³/mol. The van der Waals surface area contributed by atoms with Gasteiger partial charge in [-0.25, -0.2) is 9.67 Å². The Bertz CT molecular complexity index is 1430. The largest absolute Gasteiger partial charge is 0.326 e. The van der Waals surface area contributed by atoms with Crippen molar-refractivity contribution in [2.24, 2.45) is 0 Å². The first kappa shape index (κ1) is 21.1. The number of fused-ring (bicyclic) bond motifs is 2. The molecule has 1 N–H and O–H groups in total. The number of nitrogens with zero attached hydrogens (tertiary/aromatic N) is 4. The fraction of sp³-hybridized carbons (Fsp3) is 0.182. The minimum atomic E-state index is -0.298. The van der Waals surface area contributed by atoms with E-state index >= 15 is 0 Å². The number of carbonyl (C=O) groups is 1. The molecule has 0 radical (unpaired) electrons. The normalized spacial score (nSPS) is 15.2. The molecular formula is C22H17Cl2N5O2S. The van der Waals surface area contributed by atoms with Crippen molar-refractivity contribution in [2.75, 3.05) is 11.1 Å². The zero-order chi connectivity index (χ0) is 22.4. The van der Waals surface area contributed by atoms with Gasteiger partial charge in [0, 0.05) is 27.9 Å². The topological polar surface area (TPSA) is 81.8 Å². The van der Waals surface area contributed by atoms with E-state index in [4.69, 9.17) is 23.2 Å². The Labute approximate surface area is 197 Å². The van der Waals surface area contributed by atoms with E-state index in [1.54, 1.807) is 33.5 Å². The van der Waals surface area contributed by atoms with Crippen LogP contribution in [0.2, 0.25) is 10.0 Å². The average molecular weight is 486 g/mol. The molecule has 0 aliphatic carbocycles. The smallest absolute Gasteiger partial charge is 0.265 e. The summed E-state index contributed by atoms with van der Waals surface area (Å²) in [7, 11) is 0. The molecule has 4 aromatic rings. The van der Waals surface area contributed by atoms with E-state index in [1.165, 1.54) is 18.0 Å². The van der Waals surface area contributed by atoms with E-state index in [0.29, 0.717) is 37.7 Å². The average Bonchev–Trinajstić information content (AvgIpc) is 3.36. The van der Waals surface area contributed by atoms with Crippen LogP contribution in [0.1, 0.15) is 18.0 Å². The minimum Gasteiger partial charge on any atom is -0.326 e. The first-order valence-electron chi connectivity index (χ1n) is 9.86. The van der Waals surface area contributed by atoms with Crippen LogP contribution >= 0.6 is 35.0 Å². The van der Waals surface area contributed by atoms with Crippen molar-refractivity contribution in [3.63, 3.8) is 0 Å². The molecule has 0 spiro atoms. The zero-order valence-corrected chi connectivity index (χ0v) is 19.2. The van der Waals surface area contributed by atoms with Gasteiger partial charge in [-0.3, -0.25) is 14.2 Å². The maximum Gasteiger partial charge on any atom is 0.265 e. The Morgan fingerprint density at radius 2 is 2.03 bits per heavy atom. The van der Waals surface area contributed by atoms with Crippen molar-refractivity contribution >= 4 is 57.6 Å². The summed E-state index contributed by atoms with van der Waals surface area (Å²) < 4.78 is 3.20. The number of aromatic nitrogens is 4. The van der Waals surface area contributed by atoms with Gasteiger partial charge >= 0.3 is 0 Å². The highest BCUT2D eigenvalue weighted by molar-refractivity contribution is 7.99. The summed E-state index contributed by atoms with van der Waals surface area (Å²) in [6.07, 6.45) is 1.66. The number of anilines is 1. The van der Waals surface area contributed by atoms with Gasteiger partial charge in [0.2, 0.25) is 5.91 Å². The summed E-state index contributed by atoms with van der Waals surface area (Å²) in [5.41, 5.74) is 2.56. The first-order chi connectivity index (χ1) is 15.4. The van der Waals surface area contributed by atoms with Gasteiger partial charge in [-0.2, -0.15) is 5.10 Å². The molecule has 0 saturated heterocycles. The maximum absolute atomic E-state index is 13.3. The van der Waals surface area contributed by atoms with Crippen molar-refractivity contribution in [3.05, 3.63) is 74.6 Å². The molecule has 1 atom stereocenters. The van der Waals surface area contributed by atoms with Crippen molar-refractivity contribution in [3.8, 4) is 5.69 Å². The lowest BCUT2D eigenvalue weighted by Crippen LogP contribution is -2.27. The molecule has 0 fully saturated rings. The number of carbonyl (C=O) groups excluding carboxylic acids is 1. The van der Waals surface area contributed by atoms with Crippen LogP contribution in [0.15, 0.2) is 58.6 Å². The molecule has 1 aliphatic rings. The second-order valence-corrected chi connectivity index (χ2v) is 9.38. The van der Waals surface area contributed by atoms with Crippen LogP contribution in [-0.4, -0.2) is 31.0 Å². The van der Waals surface area contributed by atoms with Crippen LogP contribution in [0, 0.1) is 6.92 Å². The van der Waals surface area contributed by atoms with Gasteiger partial charge in [-0.1, -0.05) is 47.1 Å². The number of hydrogen-bond acceptors (Lipinski definition) is 5. The molecular weight excluding hydrogens is 469 g/mol. The summed E-state index contributed by atoms with van der Waals surface area (Å²) in [6, 6.07) is 12.2. The quantitative estimate of drug-likeness (QED) is 0.416. The molecule has 162 valence electrons. The van der Waals surface area contributed by atoms with Gasteiger partial charge in [-0.15, -0.1) is 0 Å². The number of rotatable bonds is 4. The number of nitrogens with one attached hydrogen (secondary N) is 1. The van der Waals surface area contributed by atoms with Crippen molar-refractivity contribution in [1.82, 2.24) is 19.3 Å². The standard InChI is InChI=1S/C22H17Cl2N5O2S/c1-12-5-6-14(24)8-18(12)26-19(30)9-16-11-32-22-27-20-17(21(31)28(16)22)10-25-29(20)15-4-2-3-13(23)7-15/h2-8,10,16H,9,11H2,1H3,(H,26,30). The van der Waals surface area contributed by atoms with Crippen LogP contribution in [0.4, 0.5) is 5.69 Å². The number of amides is 1. The van der Waals surface area contributed by atoms with Crippen molar-refractivity contribution in [2.45, 2.75) is 24.5 Å². The first-order valence-corrected chi connectivity index (χ1v) is 11.6. The molecule has 3 heterocycles. The second-order valence-electron chi connectivity index (χ2n) is 7.52. The number of benzene rings is 2. The van der Waals surface area contributed by atoms with Gasteiger partial charge in [0.1, 0.15) is 5.39 Å². The highest BCUT2D eigenvalue weighted by Crippen LogP contribution is 2.34. The molecule has 2 aromatic carbocycles. The molecule has 0 saturated carbocycles. The molecule has 1 unspecified atom stereocenters. The summed E-state index contributed by atoms with van der Waals surface area (Å²) >= 11 is 13.6. The number of hydrogen-bond donors (Lipinski definition) is 1. The third-order valence-corrected chi connectivity index (χ3v) is 6.89. The van der Waals surface area contributed by atoms with E-state index in [9.17, 15) is 9.59 Å².